The van der Waals surface area contributed by atoms with E-state index < -0.39 is 37.6 Å². The van der Waals surface area contributed by atoms with Crippen LogP contribution in [0.15, 0.2) is 36.4 Å². The molecule has 0 radical (unpaired) electrons. The first-order chi connectivity index (χ1) is 12.9. The molecular formula is C16H18F4O6P2. The summed E-state index contributed by atoms with van der Waals surface area (Å²) in [7, 11) is -7.06. The predicted octanol–water partition coefficient (Wildman–Crippen LogP) is 5.91. The summed E-state index contributed by atoms with van der Waals surface area (Å²) < 4.78 is 102. The Balaban J connectivity index is 2.89. The normalized spacial score (nSPS) is 13.9. The lowest BCUT2D eigenvalue weighted by atomic mass is 10.0. The van der Waals surface area contributed by atoms with Crippen molar-refractivity contribution in [1.29, 1.82) is 0 Å². The van der Waals surface area contributed by atoms with Crippen molar-refractivity contribution in [2.75, 3.05) is 28.4 Å². The number of fused-ring (bicyclic) bond motifs is 1. The summed E-state index contributed by atoms with van der Waals surface area (Å²) in [6.45, 7) is 0. The van der Waals surface area contributed by atoms with E-state index in [1.165, 1.54) is 24.3 Å². The lowest BCUT2D eigenvalue weighted by Crippen LogP contribution is -2.21. The Hall–Kier alpha value is -1.28. The molecule has 2 aromatic carbocycles. The summed E-state index contributed by atoms with van der Waals surface area (Å²) in [5.41, 5.74) is -10.7. The van der Waals surface area contributed by atoms with Gasteiger partial charge >= 0.3 is 26.5 Å². The molecule has 0 bridgehead atoms. The Morgan fingerprint density at radius 3 is 1.71 bits per heavy atom. The minimum Gasteiger partial charge on any atom is -0.308 e. The third kappa shape index (κ3) is 3.43. The highest BCUT2D eigenvalue weighted by molar-refractivity contribution is 7.55. The van der Waals surface area contributed by atoms with Gasteiger partial charge < -0.3 is 18.1 Å². The van der Waals surface area contributed by atoms with E-state index in [1.54, 1.807) is 0 Å². The fourth-order valence-corrected chi connectivity index (χ4v) is 4.79. The monoisotopic (exact) mass is 444 g/mol. The molecule has 0 aliphatic carbocycles. The van der Waals surface area contributed by atoms with Crippen molar-refractivity contribution in [2.24, 2.45) is 0 Å². The standard InChI is InChI=1S/C16H18F4O6P2/c1-23-27(21,24-2)15(17,18)12-9-11-7-5-6-8-13(11)14(10-12)16(19,20)28(22,25-3)26-4/h5-10H,1-4H3. The fourth-order valence-electron chi connectivity index (χ4n) is 2.65. The van der Waals surface area contributed by atoms with Crippen LogP contribution in [0.4, 0.5) is 17.6 Å². The molecular weight excluding hydrogens is 426 g/mol. The molecule has 6 nitrogen and oxygen atoms in total. The van der Waals surface area contributed by atoms with Crippen molar-refractivity contribution in [3.8, 4) is 0 Å². The maximum atomic E-state index is 15.1. The van der Waals surface area contributed by atoms with Crippen LogP contribution < -0.4 is 0 Å². The summed E-state index contributed by atoms with van der Waals surface area (Å²) in [4.78, 5) is 0. The highest BCUT2D eigenvalue weighted by Gasteiger charge is 2.58. The predicted molar refractivity (Wildman–Crippen MR) is 95.0 cm³/mol. The van der Waals surface area contributed by atoms with Gasteiger partial charge in [-0.15, -0.1) is 0 Å². The van der Waals surface area contributed by atoms with Crippen molar-refractivity contribution < 1.29 is 44.8 Å². The second-order valence-electron chi connectivity index (χ2n) is 5.55. The van der Waals surface area contributed by atoms with Crippen LogP contribution in [0.2, 0.25) is 0 Å². The summed E-state index contributed by atoms with van der Waals surface area (Å²) in [5, 5.41) is -0.196. The van der Waals surface area contributed by atoms with Crippen LogP contribution in [0, 0.1) is 0 Å². The minimum absolute atomic E-state index is 0.0353. The molecule has 0 fully saturated rings. The molecule has 2 rings (SSSR count). The maximum Gasteiger partial charge on any atom is 0.403 e. The van der Waals surface area contributed by atoms with E-state index in [-0.39, 0.29) is 10.8 Å². The largest absolute Gasteiger partial charge is 0.403 e. The van der Waals surface area contributed by atoms with Crippen LogP contribution >= 0.6 is 15.2 Å². The molecule has 2 aromatic rings. The first-order valence-corrected chi connectivity index (χ1v) is 10.7. The molecule has 28 heavy (non-hydrogen) atoms. The zero-order valence-corrected chi connectivity index (χ0v) is 17.1. The van der Waals surface area contributed by atoms with E-state index in [4.69, 9.17) is 0 Å². The van der Waals surface area contributed by atoms with Crippen LogP contribution in [0.3, 0.4) is 0 Å². The van der Waals surface area contributed by atoms with Gasteiger partial charge in [-0.3, -0.25) is 9.13 Å². The van der Waals surface area contributed by atoms with Gasteiger partial charge in [-0.1, -0.05) is 24.3 Å². The Morgan fingerprint density at radius 1 is 0.750 bits per heavy atom. The average molecular weight is 444 g/mol. The third-order valence-corrected chi connectivity index (χ3v) is 7.98. The molecule has 156 valence electrons. The van der Waals surface area contributed by atoms with Gasteiger partial charge in [0.05, 0.1) is 0 Å². The summed E-state index contributed by atoms with van der Waals surface area (Å²) >= 11 is 0. The maximum absolute atomic E-state index is 15.1. The van der Waals surface area contributed by atoms with Crippen molar-refractivity contribution in [3.63, 3.8) is 0 Å². The minimum atomic E-state index is -5.05. The van der Waals surface area contributed by atoms with Gasteiger partial charge in [0.15, 0.2) is 0 Å². The van der Waals surface area contributed by atoms with E-state index in [0.29, 0.717) is 6.07 Å². The molecule has 0 N–H and O–H groups in total. The second kappa shape index (κ2) is 7.86. The van der Waals surface area contributed by atoms with E-state index in [2.05, 4.69) is 18.1 Å². The third-order valence-electron chi connectivity index (χ3n) is 4.18. The number of alkyl halides is 4. The molecule has 12 heteroatoms. The zero-order valence-electron chi connectivity index (χ0n) is 15.3. The highest BCUT2D eigenvalue weighted by Crippen LogP contribution is 2.69. The lowest BCUT2D eigenvalue weighted by molar-refractivity contribution is 0.0400. The van der Waals surface area contributed by atoms with Gasteiger partial charge in [0.2, 0.25) is 0 Å². The molecule has 0 spiro atoms. The van der Waals surface area contributed by atoms with Crippen LogP contribution in [-0.4, -0.2) is 28.4 Å². The number of hydrogen-bond donors (Lipinski definition) is 0. The lowest BCUT2D eigenvalue weighted by Gasteiger charge is -2.28. The topological polar surface area (TPSA) is 71.1 Å². The number of halogens is 4. The number of hydrogen-bond acceptors (Lipinski definition) is 6. The van der Waals surface area contributed by atoms with Gasteiger partial charge in [0.1, 0.15) is 0 Å². The SMILES string of the molecule is COP(=O)(OC)C(F)(F)c1cc(C(F)(F)P(=O)(OC)OC)c2ccccc2c1. The van der Waals surface area contributed by atoms with Crippen molar-refractivity contribution in [3.05, 3.63) is 47.5 Å². The van der Waals surface area contributed by atoms with Crippen LogP contribution in [-0.2, 0) is 38.6 Å². The highest BCUT2D eigenvalue weighted by atomic mass is 31.2. The number of benzene rings is 2. The van der Waals surface area contributed by atoms with Crippen LogP contribution in [0.25, 0.3) is 10.8 Å². The second-order valence-corrected chi connectivity index (χ2v) is 10.1. The summed E-state index contributed by atoms with van der Waals surface area (Å²) in [5.74, 6) is 0. The van der Waals surface area contributed by atoms with Gasteiger partial charge in [-0.2, -0.15) is 17.6 Å². The van der Waals surface area contributed by atoms with E-state index in [9.17, 15) is 17.9 Å². The Kier molecular flexibility index (Phi) is 6.46. The first kappa shape index (κ1) is 23.0. The molecule has 0 aliphatic rings. The van der Waals surface area contributed by atoms with Crippen LogP contribution in [0.1, 0.15) is 11.1 Å². The molecule has 0 amide bonds. The van der Waals surface area contributed by atoms with Gasteiger partial charge in [-0.05, 0) is 22.9 Å². The van der Waals surface area contributed by atoms with Crippen molar-refractivity contribution >= 4 is 26.0 Å². The summed E-state index contributed by atoms with van der Waals surface area (Å²) in [6, 6.07) is 6.65. The Labute approximate surface area is 158 Å². The van der Waals surface area contributed by atoms with Crippen molar-refractivity contribution in [2.45, 2.75) is 11.3 Å². The molecule has 0 atom stereocenters. The summed E-state index contributed by atoms with van der Waals surface area (Å²) in [6.07, 6.45) is 0. The average Bonchev–Trinajstić information content (AvgIpc) is 2.71. The molecule has 0 unspecified atom stereocenters. The molecule has 0 saturated carbocycles. The zero-order chi connectivity index (χ0) is 21.4. The van der Waals surface area contributed by atoms with E-state index in [0.717, 1.165) is 34.5 Å². The molecule has 0 aliphatic heterocycles. The Morgan fingerprint density at radius 2 is 1.21 bits per heavy atom. The van der Waals surface area contributed by atoms with Crippen molar-refractivity contribution in [1.82, 2.24) is 0 Å². The Bertz CT molecular complexity index is 949. The van der Waals surface area contributed by atoms with E-state index in [1.807, 2.05) is 0 Å². The number of rotatable bonds is 8. The molecule has 0 heterocycles. The van der Waals surface area contributed by atoms with Gasteiger partial charge in [-0.25, -0.2) is 0 Å². The molecule has 0 aromatic heterocycles. The molecule has 0 saturated heterocycles. The quantitative estimate of drug-likeness (QED) is 0.373. The fraction of sp³-hybridized carbons (Fsp3) is 0.375. The van der Waals surface area contributed by atoms with Crippen LogP contribution in [0.5, 0.6) is 0 Å². The van der Waals surface area contributed by atoms with E-state index >= 15 is 8.78 Å². The van der Waals surface area contributed by atoms with Gasteiger partial charge in [0.25, 0.3) is 0 Å². The van der Waals surface area contributed by atoms with Gasteiger partial charge in [0, 0.05) is 39.6 Å². The first-order valence-electron chi connectivity index (χ1n) is 7.66. The smallest absolute Gasteiger partial charge is 0.308 e.